The van der Waals surface area contributed by atoms with Crippen LogP contribution in [0.25, 0.3) is 0 Å². The molecule has 0 aliphatic carbocycles. The quantitative estimate of drug-likeness (QED) is 0.285. The van der Waals surface area contributed by atoms with Crippen molar-refractivity contribution in [2.45, 2.75) is 63.9 Å². The van der Waals surface area contributed by atoms with E-state index in [1.54, 1.807) is 40.5 Å². The normalized spacial score (nSPS) is 14.7. The van der Waals surface area contributed by atoms with Crippen molar-refractivity contribution in [3.8, 4) is 0 Å². The first kappa shape index (κ1) is 30.4. The monoisotopic (exact) mass is 585 g/mol. The summed E-state index contributed by atoms with van der Waals surface area (Å²) in [6.07, 6.45) is 2.21. The number of carbonyl (C=O) groups is 1. The van der Waals surface area contributed by atoms with Crippen LogP contribution in [0.15, 0.2) is 64.9 Å². The van der Waals surface area contributed by atoms with Crippen LogP contribution in [-0.4, -0.2) is 61.2 Å². The number of aryl methyl sites for hydroxylation is 1. The predicted molar refractivity (Wildman–Crippen MR) is 159 cm³/mol. The molecule has 0 unspecified atom stereocenters. The smallest absolute Gasteiger partial charge is 0.243 e. The average Bonchev–Trinajstić information content (AvgIpc) is 3.58. The maximum absolute atomic E-state index is 13.9. The molecule has 2 heterocycles. The van der Waals surface area contributed by atoms with E-state index < -0.39 is 10.0 Å². The van der Waals surface area contributed by atoms with Gasteiger partial charge in [0.1, 0.15) is 5.82 Å². The van der Waals surface area contributed by atoms with Gasteiger partial charge < -0.3 is 9.80 Å². The Morgan fingerprint density at radius 3 is 2.20 bits per heavy atom. The summed E-state index contributed by atoms with van der Waals surface area (Å²) >= 11 is 1.57. The van der Waals surface area contributed by atoms with Gasteiger partial charge in [-0.25, -0.2) is 12.8 Å². The number of thiophene rings is 1. The van der Waals surface area contributed by atoms with Gasteiger partial charge in [0.05, 0.1) is 18.0 Å². The molecule has 1 saturated heterocycles. The number of halogens is 1. The summed E-state index contributed by atoms with van der Waals surface area (Å²) in [5, 5.41) is 1.99. The molecule has 0 spiro atoms. The van der Waals surface area contributed by atoms with E-state index in [1.807, 2.05) is 30.5 Å². The fourth-order valence-corrected chi connectivity index (χ4v) is 7.15. The van der Waals surface area contributed by atoms with Gasteiger partial charge in [-0.2, -0.15) is 4.31 Å². The minimum atomic E-state index is -3.92. The number of rotatable bonds is 11. The second-order valence-corrected chi connectivity index (χ2v) is 14.5. The predicted octanol–water partition coefficient (Wildman–Crippen LogP) is 5.81. The van der Waals surface area contributed by atoms with Crippen molar-refractivity contribution in [3.63, 3.8) is 0 Å². The summed E-state index contributed by atoms with van der Waals surface area (Å²) in [5.74, 6) is -0.624. The highest BCUT2D eigenvalue weighted by atomic mass is 32.2. The second kappa shape index (κ2) is 12.9. The van der Waals surface area contributed by atoms with E-state index in [0.29, 0.717) is 13.1 Å². The minimum absolute atomic E-state index is 0.103. The molecule has 0 atom stereocenters. The van der Waals surface area contributed by atoms with Crippen LogP contribution in [0, 0.1) is 12.7 Å². The second-order valence-electron chi connectivity index (χ2n) is 11.6. The Hall–Kier alpha value is -2.59. The number of nitrogens with zero attached hydrogens (tertiary/aromatic N) is 3. The Labute approximate surface area is 242 Å². The first-order chi connectivity index (χ1) is 18.9. The van der Waals surface area contributed by atoms with Gasteiger partial charge >= 0.3 is 0 Å². The number of sulfonamides is 1. The van der Waals surface area contributed by atoms with Crippen LogP contribution >= 0.6 is 11.3 Å². The molecule has 1 fully saturated rings. The summed E-state index contributed by atoms with van der Waals surface area (Å²) in [6.45, 7) is 11.3. The van der Waals surface area contributed by atoms with Gasteiger partial charge in [-0.3, -0.25) is 4.79 Å². The average molecular weight is 586 g/mol. The van der Waals surface area contributed by atoms with Crippen LogP contribution < -0.4 is 0 Å². The molecular weight excluding hydrogens is 545 g/mol. The molecule has 2 aromatic carbocycles. The van der Waals surface area contributed by atoms with Gasteiger partial charge in [0, 0.05) is 24.5 Å². The van der Waals surface area contributed by atoms with Crippen molar-refractivity contribution in [2.24, 2.45) is 0 Å². The van der Waals surface area contributed by atoms with Gasteiger partial charge in [0.15, 0.2) is 0 Å². The van der Waals surface area contributed by atoms with Gasteiger partial charge in [0.25, 0.3) is 0 Å². The molecule has 1 aliphatic heterocycles. The lowest BCUT2D eigenvalue weighted by atomic mass is 9.87. The molecule has 0 N–H and O–H groups in total. The molecule has 0 bridgehead atoms. The number of carbonyl (C=O) groups excluding carboxylic acids is 1. The third-order valence-electron chi connectivity index (χ3n) is 7.48. The van der Waals surface area contributed by atoms with E-state index >= 15 is 0 Å². The first-order valence-electron chi connectivity index (χ1n) is 13.8. The topological polar surface area (TPSA) is 60.9 Å². The molecule has 9 heteroatoms. The lowest BCUT2D eigenvalue weighted by Gasteiger charge is -2.29. The van der Waals surface area contributed by atoms with E-state index in [4.69, 9.17) is 0 Å². The zero-order valence-electron chi connectivity index (χ0n) is 23.9. The standard InChI is InChI=1S/C31H40FN3O3S2/c1-24-15-20-39-29(24)22-34(21-25-7-11-27(32)12-8-25)30(36)23-35(19-18-33-16-5-6-17-33)40(37,38)28-13-9-26(10-14-28)31(2,3)4/h7-15,20H,5-6,16-19,21-23H2,1-4H3. The minimum Gasteiger partial charge on any atom is -0.332 e. The number of hydrogen-bond donors (Lipinski definition) is 0. The molecule has 0 radical (unpaired) electrons. The van der Waals surface area contributed by atoms with Crippen LogP contribution in [0.2, 0.25) is 0 Å². The van der Waals surface area contributed by atoms with Crippen LogP contribution in [0.5, 0.6) is 0 Å². The molecule has 216 valence electrons. The molecule has 1 aromatic heterocycles. The fourth-order valence-electron chi connectivity index (χ4n) is 4.85. The lowest BCUT2D eigenvalue weighted by Crippen LogP contribution is -2.45. The van der Waals surface area contributed by atoms with Crippen LogP contribution in [0.4, 0.5) is 4.39 Å². The van der Waals surface area contributed by atoms with Crippen LogP contribution in [0.1, 0.15) is 55.2 Å². The van der Waals surface area contributed by atoms with Gasteiger partial charge in [0.2, 0.25) is 15.9 Å². The summed E-state index contributed by atoms with van der Waals surface area (Å²) in [4.78, 5) is 19.0. The van der Waals surface area contributed by atoms with Crippen molar-refractivity contribution in [1.29, 1.82) is 0 Å². The van der Waals surface area contributed by atoms with Gasteiger partial charge in [-0.1, -0.05) is 45.0 Å². The Balaban J connectivity index is 1.60. The Bertz CT molecular complexity index is 1370. The van der Waals surface area contributed by atoms with Crippen molar-refractivity contribution in [2.75, 3.05) is 32.7 Å². The van der Waals surface area contributed by atoms with Crippen LogP contribution in [-0.2, 0) is 33.3 Å². The summed E-state index contributed by atoms with van der Waals surface area (Å²) in [6, 6.07) is 15.1. The van der Waals surface area contributed by atoms with Gasteiger partial charge in [-0.15, -0.1) is 11.3 Å². The molecule has 0 saturated carbocycles. The zero-order chi connectivity index (χ0) is 28.9. The fraction of sp³-hybridized carbons (Fsp3) is 0.452. The van der Waals surface area contributed by atoms with E-state index in [9.17, 15) is 17.6 Å². The third-order valence-corrected chi connectivity index (χ3v) is 10.3. The molecule has 4 rings (SSSR count). The molecule has 3 aromatic rings. The Morgan fingerprint density at radius 1 is 0.975 bits per heavy atom. The number of benzene rings is 2. The van der Waals surface area contributed by atoms with E-state index in [0.717, 1.165) is 47.5 Å². The summed E-state index contributed by atoms with van der Waals surface area (Å²) in [7, 11) is -3.92. The lowest BCUT2D eigenvalue weighted by molar-refractivity contribution is -0.132. The van der Waals surface area contributed by atoms with E-state index in [2.05, 4.69) is 25.7 Å². The summed E-state index contributed by atoms with van der Waals surface area (Å²) in [5.41, 5.74) is 2.81. The number of hydrogen-bond acceptors (Lipinski definition) is 5. The highest BCUT2D eigenvalue weighted by molar-refractivity contribution is 7.89. The maximum Gasteiger partial charge on any atom is 0.243 e. The highest BCUT2D eigenvalue weighted by Gasteiger charge is 2.30. The van der Waals surface area contributed by atoms with Crippen LogP contribution in [0.3, 0.4) is 0 Å². The molecule has 1 amide bonds. The largest absolute Gasteiger partial charge is 0.332 e. The van der Waals surface area contributed by atoms with Gasteiger partial charge in [-0.05, 0) is 90.7 Å². The van der Waals surface area contributed by atoms with E-state index in [-0.39, 0.29) is 41.7 Å². The zero-order valence-corrected chi connectivity index (χ0v) is 25.5. The SMILES string of the molecule is Cc1ccsc1CN(Cc1ccc(F)cc1)C(=O)CN(CCN1CCCC1)S(=O)(=O)c1ccc(C(C)(C)C)cc1. The number of amides is 1. The van der Waals surface area contributed by atoms with Crippen molar-refractivity contribution < 1.29 is 17.6 Å². The molecular formula is C31H40FN3O3S2. The molecule has 1 aliphatic rings. The molecule has 6 nitrogen and oxygen atoms in total. The maximum atomic E-state index is 13.9. The highest BCUT2D eigenvalue weighted by Crippen LogP contribution is 2.26. The van der Waals surface area contributed by atoms with E-state index in [1.165, 1.54) is 16.4 Å². The Kier molecular flexibility index (Phi) is 9.82. The van der Waals surface area contributed by atoms with Crippen molar-refractivity contribution >= 4 is 27.3 Å². The third kappa shape index (κ3) is 7.78. The summed E-state index contributed by atoms with van der Waals surface area (Å²) < 4.78 is 42.7. The molecule has 40 heavy (non-hydrogen) atoms. The Morgan fingerprint density at radius 2 is 1.62 bits per heavy atom. The van der Waals surface area contributed by atoms with Crippen molar-refractivity contribution in [3.05, 3.63) is 87.4 Å². The van der Waals surface area contributed by atoms with Crippen molar-refractivity contribution in [1.82, 2.24) is 14.1 Å². The first-order valence-corrected chi connectivity index (χ1v) is 16.1. The number of likely N-dealkylation sites (tertiary alicyclic amines) is 1.